The molecular weight excluding hydrogens is 238 g/mol. The first-order chi connectivity index (χ1) is 9.14. The number of fused-ring (bicyclic) bond motifs is 1. The molecule has 2 rings (SSSR count). The smallest absolute Gasteiger partial charge is 0.125 e. The van der Waals surface area contributed by atoms with E-state index in [4.69, 9.17) is 15.2 Å². The normalized spacial score (nSPS) is 20.5. The van der Waals surface area contributed by atoms with Gasteiger partial charge in [0, 0.05) is 18.0 Å². The van der Waals surface area contributed by atoms with E-state index in [1.807, 2.05) is 18.2 Å². The van der Waals surface area contributed by atoms with Gasteiger partial charge in [-0.2, -0.15) is 0 Å². The van der Waals surface area contributed by atoms with Gasteiger partial charge < -0.3 is 15.2 Å². The van der Waals surface area contributed by atoms with Crippen LogP contribution in [-0.2, 0) is 0 Å². The maximum atomic E-state index is 6.37. The highest BCUT2D eigenvalue weighted by atomic mass is 16.5. The van der Waals surface area contributed by atoms with Crippen molar-refractivity contribution in [2.75, 3.05) is 7.11 Å². The van der Waals surface area contributed by atoms with E-state index in [0.29, 0.717) is 0 Å². The van der Waals surface area contributed by atoms with Crippen LogP contribution < -0.4 is 15.2 Å². The van der Waals surface area contributed by atoms with Crippen LogP contribution in [0.2, 0.25) is 0 Å². The fraction of sp³-hybridized carbons (Fsp3) is 0.625. The molecule has 0 amide bonds. The fourth-order valence-corrected chi connectivity index (χ4v) is 3.16. The van der Waals surface area contributed by atoms with Gasteiger partial charge >= 0.3 is 0 Å². The van der Waals surface area contributed by atoms with Gasteiger partial charge in [0.25, 0.3) is 0 Å². The molecule has 0 aliphatic carbocycles. The van der Waals surface area contributed by atoms with Gasteiger partial charge in [-0.1, -0.05) is 26.7 Å². The molecule has 3 heteroatoms. The highest BCUT2D eigenvalue weighted by molar-refractivity contribution is 5.44. The van der Waals surface area contributed by atoms with E-state index in [2.05, 4.69) is 13.8 Å². The number of hydrogen-bond donors (Lipinski definition) is 1. The Bertz CT molecular complexity index is 425. The molecule has 3 nitrogen and oxygen atoms in total. The summed E-state index contributed by atoms with van der Waals surface area (Å²) in [6.07, 6.45) is 5.28. The highest BCUT2D eigenvalue weighted by Gasteiger charge is 2.38. The number of hydrogen-bond acceptors (Lipinski definition) is 3. The van der Waals surface area contributed by atoms with E-state index in [1.165, 1.54) is 0 Å². The Labute approximate surface area is 116 Å². The monoisotopic (exact) mass is 263 g/mol. The van der Waals surface area contributed by atoms with Gasteiger partial charge in [0.05, 0.1) is 7.11 Å². The van der Waals surface area contributed by atoms with Gasteiger partial charge in [-0.15, -0.1) is 0 Å². The van der Waals surface area contributed by atoms with Crippen LogP contribution in [0.5, 0.6) is 11.5 Å². The third-order valence-corrected chi connectivity index (χ3v) is 3.95. The van der Waals surface area contributed by atoms with Crippen LogP contribution in [0.1, 0.15) is 57.6 Å². The maximum Gasteiger partial charge on any atom is 0.125 e. The van der Waals surface area contributed by atoms with Gasteiger partial charge in [0.2, 0.25) is 0 Å². The van der Waals surface area contributed by atoms with Crippen molar-refractivity contribution >= 4 is 0 Å². The first kappa shape index (κ1) is 14.2. The largest absolute Gasteiger partial charge is 0.497 e. The topological polar surface area (TPSA) is 44.5 Å². The van der Waals surface area contributed by atoms with Crippen molar-refractivity contribution in [1.82, 2.24) is 0 Å². The summed E-state index contributed by atoms with van der Waals surface area (Å²) < 4.78 is 11.6. The van der Waals surface area contributed by atoms with Crippen LogP contribution >= 0.6 is 0 Å². The quantitative estimate of drug-likeness (QED) is 0.878. The predicted molar refractivity (Wildman–Crippen MR) is 77.7 cm³/mol. The summed E-state index contributed by atoms with van der Waals surface area (Å²) in [5, 5.41) is 0. The third kappa shape index (κ3) is 2.86. The summed E-state index contributed by atoms with van der Waals surface area (Å²) in [7, 11) is 1.68. The van der Waals surface area contributed by atoms with Gasteiger partial charge in [-0.25, -0.2) is 0 Å². The fourth-order valence-electron chi connectivity index (χ4n) is 3.16. The molecule has 0 saturated carbocycles. The molecule has 1 heterocycles. The second-order valence-electron chi connectivity index (χ2n) is 5.50. The van der Waals surface area contributed by atoms with Crippen LogP contribution in [0, 0.1) is 0 Å². The summed E-state index contributed by atoms with van der Waals surface area (Å²) in [4.78, 5) is 0. The first-order valence-corrected chi connectivity index (χ1v) is 7.26. The lowest BCUT2D eigenvalue weighted by Gasteiger charge is -2.41. The van der Waals surface area contributed by atoms with E-state index < -0.39 is 0 Å². The molecule has 1 atom stereocenters. The summed E-state index contributed by atoms with van der Waals surface area (Å²) in [5.74, 6) is 1.78. The summed E-state index contributed by atoms with van der Waals surface area (Å²) in [5.41, 5.74) is 7.36. The SMILES string of the molecule is CCCC1(CCC)C[C@@H](N)c2cc(OC)ccc2O1. The van der Waals surface area contributed by atoms with Crippen molar-refractivity contribution in [3.63, 3.8) is 0 Å². The molecule has 0 spiro atoms. The zero-order chi connectivity index (χ0) is 13.9. The molecular formula is C16H25NO2. The van der Waals surface area contributed by atoms with Crippen molar-refractivity contribution in [3.05, 3.63) is 23.8 Å². The molecule has 0 radical (unpaired) electrons. The van der Waals surface area contributed by atoms with Crippen LogP contribution in [-0.4, -0.2) is 12.7 Å². The highest BCUT2D eigenvalue weighted by Crippen LogP contribution is 2.43. The number of rotatable bonds is 5. The minimum atomic E-state index is -0.0789. The molecule has 106 valence electrons. The van der Waals surface area contributed by atoms with E-state index in [9.17, 15) is 0 Å². The Morgan fingerprint density at radius 3 is 2.58 bits per heavy atom. The number of nitrogens with two attached hydrogens (primary N) is 1. The third-order valence-electron chi connectivity index (χ3n) is 3.95. The van der Waals surface area contributed by atoms with E-state index in [-0.39, 0.29) is 11.6 Å². The minimum absolute atomic E-state index is 0.0388. The predicted octanol–water partition coefficient (Wildman–Crippen LogP) is 3.82. The van der Waals surface area contributed by atoms with Crippen molar-refractivity contribution in [2.24, 2.45) is 5.73 Å². The molecule has 1 aromatic carbocycles. The molecule has 0 aromatic heterocycles. The van der Waals surface area contributed by atoms with Gasteiger partial charge in [0.15, 0.2) is 0 Å². The Balaban J connectivity index is 2.32. The van der Waals surface area contributed by atoms with E-state index in [0.717, 1.165) is 49.2 Å². The summed E-state index contributed by atoms with van der Waals surface area (Å²) in [6, 6.07) is 5.98. The number of methoxy groups -OCH3 is 1. The van der Waals surface area contributed by atoms with Crippen LogP contribution in [0.3, 0.4) is 0 Å². The van der Waals surface area contributed by atoms with Crippen molar-refractivity contribution < 1.29 is 9.47 Å². The van der Waals surface area contributed by atoms with Crippen molar-refractivity contribution in [3.8, 4) is 11.5 Å². The lowest BCUT2D eigenvalue weighted by molar-refractivity contribution is 0.0178. The average Bonchev–Trinajstić information content (AvgIpc) is 2.39. The first-order valence-electron chi connectivity index (χ1n) is 7.26. The molecule has 1 aliphatic rings. The Morgan fingerprint density at radius 2 is 2.00 bits per heavy atom. The van der Waals surface area contributed by atoms with Crippen LogP contribution in [0.25, 0.3) is 0 Å². The summed E-state index contributed by atoms with van der Waals surface area (Å²) >= 11 is 0. The Kier molecular flexibility index (Phi) is 4.35. The van der Waals surface area contributed by atoms with Crippen LogP contribution in [0.15, 0.2) is 18.2 Å². The molecule has 19 heavy (non-hydrogen) atoms. The summed E-state index contributed by atoms with van der Waals surface area (Å²) in [6.45, 7) is 4.41. The van der Waals surface area contributed by atoms with Gasteiger partial charge in [-0.05, 0) is 31.0 Å². The van der Waals surface area contributed by atoms with E-state index >= 15 is 0 Å². The zero-order valence-electron chi connectivity index (χ0n) is 12.2. The Hall–Kier alpha value is -1.22. The molecule has 2 N–H and O–H groups in total. The lowest BCUT2D eigenvalue weighted by Crippen LogP contribution is -2.42. The number of ether oxygens (including phenoxy) is 2. The zero-order valence-corrected chi connectivity index (χ0v) is 12.2. The standard InChI is InChI=1S/C16H25NO2/c1-4-8-16(9-5-2)11-14(17)13-10-12(18-3)6-7-15(13)19-16/h6-7,10,14H,4-5,8-9,11,17H2,1-3H3/t14-/m1/s1. The molecule has 1 aromatic rings. The minimum Gasteiger partial charge on any atom is -0.497 e. The molecule has 0 saturated heterocycles. The van der Waals surface area contributed by atoms with Crippen molar-refractivity contribution in [1.29, 1.82) is 0 Å². The average molecular weight is 263 g/mol. The van der Waals surface area contributed by atoms with Crippen LogP contribution in [0.4, 0.5) is 0 Å². The molecule has 0 unspecified atom stereocenters. The maximum absolute atomic E-state index is 6.37. The van der Waals surface area contributed by atoms with Crippen molar-refractivity contribution in [2.45, 2.75) is 57.6 Å². The van der Waals surface area contributed by atoms with Gasteiger partial charge in [-0.3, -0.25) is 0 Å². The molecule has 0 bridgehead atoms. The lowest BCUT2D eigenvalue weighted by atomic mass is 9.81. The van der Waals surface area contributed by atoms with E-state index in [1.54, 1.807) is 7.11 Å². The molecule has 1 aliphatic heterocycles. The second-order valence-corrected chi connectivity index (χ2v) is 5.50. The molecule has 0 fully saturated rings. The number of benzene rings is 1. The Morgan fingerprint density at radius 1 is 1.32 bits per heavy atom. The second kappa shape index (κ2) is 5.83. The van der Waals surface area contributed by atoms with Gasteiger partial charge in [0.1, 0.15) is 17.1 Å².